The molecule has 0 radical (unpaired) electrons. The molecule has 1 heterocycles. The number of carbonyl (C=O) groups excluding carboxylic acids is 2. The maximum atomic E-state index is 12.4. The van der Waals surface area contributed by atoms with Gasteiger partial charge in [-0.05, 0) is 46.1 Å². The highest BCUT2D eigenvalue weighted by molar-refractivity contribution is 9.10. The average Bonchev–Trinajstić information content (AvgIpc) is 3.04. The van der Waals surface area contributed by atoms with Crippen LogP contribution in [0.2, 0.25) is 0 Å². The Hall–Kier alpha value is -2.60. The lowest BCUT2D eigenvalue weighted by Gasteiger charge is -2.17. The van der Waals surface area contributed by atoms with Gasteiger partial charge in [0.1, 0.15) is 0 Å². The predicted octanol–water partition coefficient (Wildman–Crippen LogP) is 3.96. The molecule has 6 heteroatoms. The second kappa shape index (κ2) is 8.19. The molecule has 0 fully saturated rings. The Bertz CT molecular complexity index is 935. The lowest BCUT2D eigenvalue weighted by Crippen LogP contribution is -2.35. The van der Waals surface area contributed by atoms with Crippen molar-refractivity contribution in [2.24, 2.45) is 0 Å². The maximum absolute atomic E-state index is 12.4. The minimum absolute atomic E-state index is 0.0219. The molecule has 2 N–H and O–H groups in total. The lowest BCUT2D eigenvalue weighted by atomic mass is 10.1. The number of H-pyrrole nitrogens is 1. The molecule has 5 nitrogen and oxygen atoms in total. The second-order valence-corrected chi connectivity index (χ2v) is 6.99. The van der Waals surface area contributed by atoms with Gasteiger partial charge < -0.3 is 15.2 Å². The van der Waals surface area contributed by atoms with Crippen molar-refractivity contribution in [1.82, 2.24) is 9.88 Å². The number of hydrogen-bond donors (Lipinski definition) is 2. The Balaban J connectivity index is 1.53. The van der Waals surface area contributed by atoms with E-state index in [-0.39, 0.29) is 18.4 Å². The van der Waals surface area contributed by atoms with Crippen LogP contribution < -0.4 is 5.32 Å². The highest BCUT2D eigenvalue weighted by Gasteiger charge is 2.14. The van der Waals surface area contributed by atoms with Gasteiger partial charge in [-0.25, -0.2) is 0 Å². The van der Waals surface area contributed by atoms with E-state index in [9.17, 15) is 9.59 Å². The van der Waals surface area contributed by atoms with Crippen molar-refractivity contribution in [2.75, 3.05) is 18.9 Å². The van der Waals surface area contributed by atoms with Crippen molar-refractivity contribution in [3.8, 4) is 0 Å². The Morgan fingerprint density at radius 1 is 1.12 bits per heavy atom. The van der Waals surface area contributed by atoms with Gasteiger partial charge in [-0.3, -0.25) is 9.59 Å². The molecule has 0 spiro atoms. The SMILES string of the molecule is CN(CC(=O)Nc1ccccc1Br)C(=O)CCc1c[nH]c2ccccc12. The van der Waals surface area contributed by atoms with Crippen molar-refractivity contribution < 1.29 is 9.59 Å². The molecule has 0 unspecified atom stereocenters. The molecule has 0 aliphatic carbocycles. The van der Waals surface area contributed by atoms with Crippen LogP contribution in [0.1, 0.15) is 12.0 Å². The van der Waals surface area contributed by atoms with E-state index in [2.05, 4.69) is 26.2 Å². The van der Waals surface area contributed by atoms with Crippen LogP contribution in [0.3, 0.4) is 0 Å². The molecule has 0 atom stereocenters. The highest BCUT2D eigenvalue weighted by atomic mass is 79.9. The number of aromatic amines is 1. The number of para-hydroxylation sites is 2. The summed E-state index contributed by atoms with van der Waals surface area (Å²) in [5.41, 5.74) is 2.87. The zero-order valence-electron chi connectivity index (χ0n) is 14.5. The van der Waals surface area contributed by atoms with Gasteiger partial charge >= 0.3 is 0 Å². The molecule has 0 bridgehead atoms. The largest absolute Gasteiger partial charge is 0.361 e. The molecular formula is C20H20BrN3O2. The first-order valence-electron chi connectivity index (χ1n) is 8.38. The van der Waals surface area contributed by atoms with Gasteiger partial charge in [0.15, 0.2) is 0 Å². The predicted molar refractivity (Wildman–Crippen MR) is 107 cm³/mol. The molecule has 134 valence electrons. The first-order valence-corrected chi connectivity index (χ1v) is 9.17. The van der Waals surface area contributed by atoms with E-state index in [1.807, 2.05) is 48.7 Å². The minimum Gasteiger partial charge on any atom is -0.361 e. The van der Waals surface area contributed by atoms with Gasteiger partial charge in [0.05, 0.1) is 12.2 Å². The summed E-state index contributed by atoms with van der Waals surface area (Å²) >= 11 is 3.39. The van der Waals surface area contributed by atoms with Crippen LogP contribution in [0.15, 0.2) is 59.2 Å². The van der Waals surface area contributed by atoms with Crippen molar-refractivity contribution in [3.05, 3.63) is 64.8 Å². The number of nitrogens with zero attached hydrogens (tertiary/aromatic N) is 1. The summed E-state index contributed by atoms with van der Waals surface area (Å²) in [6.45, 7) is 0.0219. The third-order valence-corrected chi connectivity index (χ3v) is 4.93. The molecule has 1 aromatic heterocycles. The Kier molecular flexibility index (Phi) is 5.73. The Labute approximate surface area is 160 Å². The number of carbonyl (C=O) groups is 2. The van der Waals surface area contributed by atoms with E-state index in [1.165, 1.54) is 4.90 Å². The standard InChI is InChI=1S/C20H20BrN3O2/c1-24(13-19(25)23-18-9-5-3-7-16(18)21)20(26)11-10-14-12-22-17-8-4-2-6-15(14)17/h2-9,12,22H,10-11,13H2,1H3,(H,23,25). The molecule has 2 aromatic carbocycles. The van der Waals surface area contributed by atoms with Crippen LogP contribution in [-0.4, -0.2) is 35.3 Å². The maximum Gasteiger partial charge on any atom is 0.244 e. The van der Waals surface area contributed by atoms with Crippen LogP contribution in [0.4, 0.5) is 5.69 Å². The van der Waals surface area contributed by atoms with Gasteiger partial charge in [-0.1, -0.05) is 30.3 Å². The van der Waals surface area contributed by atoms with Gasteiger partial charge in [0.2, 0.25) is 11.8 Å². The topological polar surface area (TPSA) is 65.2 Å². The molecule has 26 heavy (non-hydrogen) atoms. The third-order valence-electron chi connectivity index (χ3n) is 4.24. The van der Waals surface area contributed by atoms with Crippen molar-refractivity contribution in [3.63, 3.8) is 0 Å². The smallest absolute Gasteiger partial charge is 0.244 e. The van der Waals surface area contributed by atoms with E-state index >= 15 is 0 Å². The number of anilines is 1. The van der Waals surface area contributed by atoms with E-state index in [1.54, 1.807) is 13.1 Å². The molecule has 0 aliphatic heterocycles. The minimum atomic E-state index is -0.222. The number of hydrogen-bond acceptors (Lipinski definition) is 2. The summed E-state index contributed by atoms with van der Waals surface area (Å²) in [6, 6.07) is 15.4. The summed E-state index contributed by atoms with van der Waals surface area (Å²) in [7, 11) is 1.65. The third kappa shape index (κ3) is 4.32. The molecule has 0 aliphatic rings. The lowest BCUT2D eigenvalue weighted by molar-refractivity contribution is -0.133. The van der Waals surface area contributed by atoms with Crippen molar-refractivity contribution >= 4 is 44.3 Å². The monoisotopic (exact) mass is 413 g/mol. The van der Waals surface area contributed by atoms with Gasteiger partial charge in [-0.15, -0.1) is 0 Å². The van der Waals surface area contributed by atoms with E-state index in [0.717, 1.165) is 20.9 Å². The summed E-state index contributed by atoms with van der Waals surface area (Å²) in [4.78, 5) is 29.2. The van der Waals surface area contributed by atoms with Crippen LogP contribution in [0, 0.1) is 0 Å². The van der Waals surface area contributed by atoms with E-state index in [0.29, 0.717) is 18.5 Å². The Morgan fingerprint density at radius 2 is 1.85 bits per heavy atom. The molecule has 0 saturated heterocycles. The van der Waals surface area contributed by atoms with Crippen LogP contribution in [-0.2, 0) is 16.0 Å². The molecule has 3 rings (SSSR count). The molecular weight excluding hydrogens is 394 g/mol. The first-order chi connectivity index (χ1) is 12.5. The number of likely N-dealkylation sites (N-methyl/N-ethyl adjacent to an activating group) is 1. The fraction of sp³-hybridized carbons (Fsp3) is 0.200. The fourth-order valence-corrected chi connectivity index (χ4v) is 3.21. The number of fused-ring (bicyclic) bond motifs is 1. The van der Waals surface area contributed by atoms with E-state index in [4.69, 9.17) is 0 Å². The summed E-state index contributed by atoms with van der Waals surface area (Å²) in [5, 5.41) is 3.94. The van der Waals surface area contributed by atoms with Crippen molar-refractivity contribution in [2.45, 2.75) is 12.8 Å². The summed E-state index contributed by atoms with van der Waals surface area (Å²) < 4.78 is 0.807. The van der Waals surface area contributed by atoms with Gasteiger partial charge in [-0.2, -0.15) is 0 Å². The van der Waals surface area contributed by atoms with E-state index < -0.39 is 0 Å². The number of aryl methyl sites for hydroxylation is 1. The summed E-state index contributed by atoms with van der Waals surface area (Å²) in [6.07, 6.45) is 2.94. The highest BCUT2D eigenvalue weighted by Crippen LogP contribution is 2.21. The molecule has 3 aromatic rings. The number of halogens is 1. The number of aromatic nitrogens is 1. The van der Waals surface area contributed by atoms with Gasteiger partial charge in [0.25, 0.3) is 0 Å². The quantitative estimate of drug-likeness (QED) is 0.642. The average molecular weight is 414 g/mol. The second-order valence-electron chi connectivity index (χ2n) is 6.14. The van der Waals surface area contributed by atoms with Crippen molar-refractivity contribution in [1.29, 1.82) is 0 Å². The number of benzene rings is 2. The fourth-order valence-electron chi connectivity index (χ4n) is 2.83. The molecule has 2 amide bonds. The normalized spacial score (nSPS) is 10.7. The number of amides is 2. The number of nitrogens with one attached hydrogen (secondary N) is 2. The first kappa shape index (κ1) is 18.2. The molecule has 0 saturated carbocycles. The zero-order chi connectivity index (χ0) is 18.5. The van der Waals surface area contributed by atoms with Crippen LogP contribution in [0.5, 0.6) is 0 Å². The van der Waals surface area contributed by atoms with Gasteiger partial charge in [0, 0.05) is 35.0 Å². The number of rotatable bonds is 6. The van der Waals surface area contributed by atoms with Crippen LogP contribution >= 0.6 is 15.9 Å². The Morgan fingerprint density at radius 3 is 2.65 bits per heavy atom. The van der Waals surface area contributed by atoms with Crippen LogP contribution in [0.25, 0.3) is 10.9 Å². The zero-order valence-corrected chi connectivity index (χ0v) is 16.0. The summed E-state index contributed by atoms with van der Waals surface area (Å²) in [5.74, 6) is -0.280.